The fraction of sp³-hybridized carbons (Fsp3) is 0.500. The molecule has 0 aliphatic rings. The summed E-state index contributed by atoms with van der Waals surface area (Å²) in [6, 6.07) is 6.12. The molecule has 0 aliphatic heterocycles. The number of nitrogens with two attached hydrogens (primary N) is 2. The molecule has 0 radical (unpaired) electrons. The second-order valence-electron chi connectivity index (χ2n) is 3.61. The normalized spacial score (nSPS) is 12.5. The van der Waals surface area contributed by atoms with E-state index in [-0.39, 0.29) is 6.04 Å². The third-order valence-electron chi connectivity index (χ3n) is 2.58. The van der Waals surface area contributed by atoms with Crippen molar-refractivity contribution in [2.75, 3.05) is 13.7 Å². The van der Waals surface area contributed by atoms with Crippen molar-refractivity contribution in [2.24, 2.45) is 11.5 Å². The van der Waals surface area contributed by atoms with Gasteiger partial charge in [-0.15, -0.1) is 0 Å². The minimum absolute atomic E-state index is 0.0311. The highest BCUT2D eigenvalue weighted by Gasteiger charge is 2.11. The topological polar surface area (TPSA) is 61.3 Å². The number of methoxy groups -OCH3 is 1. The monoisotopic (exact) mass is 208 g/mol. The third kappa shape index (κ3) is 2.94. The fourth-order valence-electron chi connectivity index (χ4n) is 1.63. The van der Waals surface area contributed by atoms with Crippen LogP contribution >= 0.6 is 0 Å². The van der Waals surface area contributed by atoms with Gasteiger partial charge in [-0.2, -0.15) is 0 Å². The summed E-state index contributed by atoms with van der Waals surface area (Å²) < 4.78 is 5.29. The van der Waals surface area contributed by atoms with Gasteiger partial charge in [0.2, 0.25) is 0 Å². The first kappa shape index (κ1) is 12.0. The summed E-state index contributed by atoms with van der Waals surface area (Å²) in [5.74, 6) is 0.855. The van der Waals surface area contributed by atoms with Gasteiger partial charge in [0.05, 0.1) is 7.11 Å². The second kappa shape index (κ2) is 5.73. The Labute approximate surface area is 91.4 Å². The maximum Gasteiger partial charge on any atom is 0.123 e. The van der Waals surface area contributed by atoms with Crippen LogP contribution in [0.4, 0.5) is 0 Å². The van der Waals surface area contributed by atoms with Gasteiger partial charge in [0.25, 0.3) is 0 Å². The van der Waals surface area contributed by atoms with Gasteiger partial charge in [0.15, 0.2) is 0 Å². The average molecular weight is 208 g/mol. The fourth-order valence-corrected chi connectivity index (χ4v) is 1.63. The summed E-state index contributed by atoms with van der Waals surface area (Å²) in [6.45, 7) is 2.72. The number of ether oxygens (including phenoxy) is 1. The molecule has 1 rings (SSSR count). The molecule has 0 fully saturated rings. The second-order valence-corrected chi connectivity index (χ2v) is 3.61. The van der Waals surface area contributed by atoms with E-state index in [9.17, 15) is 0 Å². The predicted molar refractivity (Wildman–Crippen MR) is 63.0 cm³/mol. The van der Waals surface area contributed by atoms with Crippen molar-refractivity contribution >= 4 is 0 Å². The Hall–Kier alpha value is -1.06. The van der Waals surface area contributed by atoms with Crippen molar-refractivity contribution in [2.45, 2.75) is 25.8 Å². The molecule has 84 valence electrons. The van der Waals surface area contributed by atoms with Crippen LogP contribution < -0.4 is 16.2 Å². The summed E-state index contributed by atoms with van der Waals surface area (Å²) in [5.41, 5.74) is 13.9. The van der Waals surface area contributed by atoms with E-state index in [1.165, 1.54) is 5.56 Å². The van der Waals surface area contributed by atoms with Crippen molar-refractivity contribution in [3.05, 3.63) is 29.3 Å². The molecule has 0 spiro atoms. The highest BCUT2D eigenvalue weighted by molar-refractivity contribution is 5.39. The zero-order chi connectivity index (χ0) is 11.3. The molecule has 3 nitrogen and oxygen atoms in total. The van der Waals surface area contributed by atoms with E-state index in [4.69, 9.17) is 16.2 Å². The van der Waals surface area contributed by atoms with Crippen LogP contribution in [0, 0.1) is 0 Å². The maximum atomic E-state index is 6.05. The van der Waals surface area contributed by atoms with Gasteiger partial charge in [-0.05, 0) is 31.0 Å². The lowest BCUT2D eigenvalue weighted by atomic mass is 10.00. The number of hydrogen-bond donors (Lipinski definition) is 2. The van der Waals surface area contributed by atoms with Crippen molar-refractivity contribution in [1.82, 2.24) is 0 Å². The molecule has 0 aromatic heterocycles. The molecule has 0 heterocycles. The smallest absolute Gasteiger partial charge is 0.123 e. The molecule has 0 aliphatic carbocycles. The zero-order valence-corrected chi connectivity index (χ0v) is 9.49. The van der Waals surface area contributed by atoms with Gasteiger partial charge >= 0.3 is 0 Å². The molecular weight excluding hydrogens is 188 g/mol. The summed E-state index contributed by atoms with van der Waals surface area (Å²) >= 11 is 0. The molecular formula is C12H20N2O. The maximum absolute atomic E-state index is 6.05. The lowest BCUT2D eigenvalue weighted by Gasteiger charge is -2.16. The molecule has 1 unspecified atom stereocenters. The van der Waals surface area contributed by atoms with Crippen LogP contribution in [-0.2, 0) is 6.42 Å². The van der Waals surface area contributed by atoms with E-state index in [0.717, 1.165) is 24.2 Å². The number of rotatable bonds is 5. The van der Waals surface area contributed by atoms with Crippen molar-refractivity contribution in [3.63, 3.8) is 0 Å². The van der Waals surface area contributed by atoms with Crippen molar-refractivity contribution < 1.29 is 4.74 Å². The molecule has 0 saturated heterocycles. The van der Waals surface area contributed by atoms with Crippen molar-refractivity contribution in [3.8, 4) is 5.75 Å². The zero-order valence-electron chi connectivity index (χ0n) is 9.49. The van der Waals surface area contributed by atoms with Crippen LogP contribution in [-0.4, -0.2) is 13.7 Å². The molecule has 15 heavy (non-hydrogen) atoms. The Balaban J connectivity index is 3.00. The SMILES string of the molecule is CCc1ccc(OC)c(C(N)CCN)c1. The molecule has 1 atom stereocenters. The Bertz CT molecular complexity index is 312. The van der Waals surface area contributed by atoms with Gasteiger partial charge in [0.1, 0.15) is 5.75 Å². The minimum atomic E-state index is -0.0311. The lowest BCUT2D eigenvalue weighted by molar-refractivity contribution is 0.404. The summed E-state index contributed by atoms with van der Waals surface area (Å²) in [4.78, 5) is 0. The molecule has 4 N–H and O–H groups in total. The van der Waals surface area contributed by atoms with E-state index >= 15 is 0 Å². The first-order valence-corrected chi connectivity index (χ1v) is 5.35. The van der Waals surface area contributed by atoms with E-state index in [1.54, 1.807) is 7.11 Å². The van der Waals surface area contributed by atoms with E-state index in [1.807, 2.05) is 6.07 Å². The van der Waals surface area contributed by atoms with Crippen LogP contribution in [0.5, 0.6) is 5.75 Å². The number of aryl methyl sites for hydroxylation is 1. The highest BCUT2D eigenvalue weighted by Crippen LogP contribution is 2.26. The third-order valence-corrected chi connectivity index (χ3v) is 2.58. The number of hydrogen-bond acceptors (Lipinski definition) is 3. The van der Waals surface area contributed by atoms with Crippen LogP contribution in [0.2, 0.25) is 0 Å². The molecule has 0 saturated carbocycles. The summed E-state index contributed by atoms with van der Waals surface area (Å²) in [6.07, 6.45) is 1.79. The van der Waals surface area contributed by atoms with E-state index in [0.29, 0.717) is 6.54 Å². The highest BCUT2D eigenvalue weighted by atomic mass is 16.5. The Morgan fingerprint density at radius 2 is 2.13 bits per heavy atom. The standard InChI is InChI=1S/C12H20N2O/c1-3-9-4-5-12(15-2)10(8-9)11(14)6-7-13/h4-5,8,11H,3,6-7,13-14H2,1-2H3. The Morgan fingerprint density at radius 1 is 1.40 bits per heavy atom. The van der Waals surface area contributed by atoms with Crippen LogP contribution in [0.15, 0.2) is 18.2 Å². The van der Waals surface area contributed by atoms with Crippen LogP contribution in [0.25, 0.3) is 0 Å². The first-order valence-electron chi connectivity index (χ1n) is 5.35. The summed E-state index contributed by atoms with van der Waals surface area (Å²) in [5, 5.41) is 0. The quantitative estimate of drug-likeness (QED) is 0.772. The van der Waals surface area contributed by atoms with Crippen LogP contribution in [0.3, 0.4) is 0 Å². The minimum Gasteiger partial charge on any atom is -0.496 e. The van der Waals surface area contributed by atoms with E-state index in [2.05, 4.69) is 19.1 Å². The average Bonchev–Trinajstić information content (AvgIpc) is 2.28. The largest absolute Gasteiger partial charge is 0.496 e. The van der Waals surface area contributed by atoms with Crippen molar-refractivity contribution in [1.29, 1.82) is 0 Å². The predicted octanol–water partition coefficient (Wildman–Crippen LogP) is 1.61. The Morgan fingerprint density at radius 3 is 2.67 bits per heavy atom. The van der Waals surface area contributed by atoms with E-state index < -0.39 is 0 Å². The van der Waals surface area contributed by atoms with Gasteiger partial charge in [-0.1, -0.05) is 19.1 Å². The molecule has 1 aromatic rings. The lowest BCUT2D eigenvalue weighted by Crippen LogP contribution is -2.16. The molecule has 0 amide bonds. The van der Waals surface area contributed by atoms with Gasteiger partial charge in [0, 0.05) is 11.6 Å². The van der Waals surface area contributed by atoms with Crippen LogP contribution in [0.1, 0.15) is 30.5 Å². The van der Waals surface area contributed by atoms with Gasteiger partial charge in [-0.3, -0.25) is 0 Å². The number of benzene rings is 1. The molecule has 1 aromatic carbocycles. The van der Waals surface area contributed by atoms with Gasteiger partial charge in [-0.25, -0.2) is 0 Å². The summed E-state index contributed by atoms with van der Waals surface area (Å²) in [7, 11) is 1.67. The first-order chi connectivity index (χ1) is 7.22. The Kier molecular flexibility index (Phi) is 4.59. The molecule has 3 heteroatoms. The van der Waals surface area contributed by atoms with Gasteiger partial charge < -0.3 is 16.2 Å². The molecule has 0 bridgehead atoms.